The molecule has 0 aliphatic rings. The molecule has 0 fully saturated rings. The van der Waals surface area contributed by atoms with Gasteiger partial charge in [0.05, 0.1) is 5.52 Å². The molecule has 0 bridgehead atoms. The summed E-state index contributed by atoms with van der Waals surface area (Å²) in [6, 6.07) is 12.8. The van der Waals surface area contributed by atoms with Gasteiger partial charge in [0.25, 0.3) is 12.3 Å². The van der Waals surface area contributed by atoms with E-state index in [1.54, 1.807) is 18.2 Å². The van der Waals surface area contributed by atoms with E-state index in [1.165, 1.54) is 4.68 Å². The van der Waals surface area contributed by atoms with Crippen LogP contribution in [0.5, 0.6) is 0 Å². The van der Waals surface area contributed by atoms with E-state index in [0.29, 0.717) is 28.3 Å². The number of rotatable bonds is 4. The van der Waals surface area contributed by atoms with Crippen LogP contribution in [0.1, 0.15) is 5.56 Å². The third-order valence-corrected chi connectivity index (χ3v) is 3.88. The Labute approximate surface area is 141 Å². The lowest BCUT2D eigenvalue weighted by atomic mass is 10.1. The molecule has 0 spiro atoms. The lowest BCUT2D eigenvalue weighted by molar-refractivity contribution is 0.122. The molecular weight excluding hydrogens is 328 g/mol. The summed E-state index contributed by atoms with van der Waals surface area (Å²) in [7, 11) is 0. The minimum Gasteiger partial charge on any atom is -0.334 e. The fourth-order valence-electron chi connectivity index (χ4n) is 2.64. The van der Waals surface area contributed by atoms with Gasteiger partial charge in [-0.1, -0.05) is 34.6 Å². The molecule has 126 valence electrons. The number of hydrogen-bond donors (Lipinski definition) is 0. The molecule has 4 aromatic rings. The van der Waals surface area contributed by atoms with E-state index in [9.17, 15) is 8.78 Å². The summed E-state index contributed by atoms with van der Waals surface area (Å²) in [6.07, 6.45) is -2.49. The Bertz CT molecular complexity index is 1040. The quantitative estimate of drug-likeness (QED) is 0.566. The Morgan fingerprint density at radius 2 is 2.00 bits per heavy atom. The molecule has 4 rings (SSSR count). The number of aryl methyl sites for hydroxylation is 1. The number of aromatic nitrogens is 5. The largest absolute Gasteiger partial charge is 0.334 e. The second kappa shape index (κ2) is 6.04. The van der Waals surface area contributed by atoms with E-state index in [2.05, 4.69) is 20.5 Å². The first-order chi connectivity index (χ1) is 12.1. The number of alkyl halides is 2. The number of halogens is 2. The highest BCUT2D eigenvalue weighted by molar-refractivity contribution is 5.79. The third kappa shape index (κ3) is 2.86. The van der Waals surface area contributed by atoms with Gasteiger partial charge in [0.1, 0.15) is 12.1 Å². The van der Waals surface area contributed by atoms with Crippen molar-refractivity contribution in [3.05, 3.63) is 48.0 Å². The average Bonchev–Trinajstić information content (AvgIpc) is 3.22. The first-order valence-corrected chi connectivity index (χ1v) is 7.63. The molecular formula is C17H13F2N5O. The highest BCUT2D eigenvalue weighted by Gasteiger charge is 2.15. The highest BCUT2D eigenvalue weighted by Crippen LogP contribution is 2.26. The van der Waals surface area contributed by atoms with Gasteiger partial charge >= 0.3 is 0 Å². The van der Waals surface area contributed by atoms with E-state index in [-0.39, 0.29) is 0 Å². The minimum atomic E-state index is -2.49. The Morgan fingerprint density at radius 1 is 1.16 bits per heavy atom. The molecule has 0 amide bonds. The first-order valence-electron chi connectivity index (χ1n) is 7.63. The molecule has 2 aromatic heterocycles. The summed E-state index contributed by atoms with van der Waals surface area (Å²) in [6.45, 7) is 1.48. The molecule has 0 unspecified atom stereocenters. The second-order valence-corrected chi connectivity index (χ2v) is 5.60. The van der Waals surface area contributed by atoms with Gasteiger partial charge in [0.15, 0.2) is 0 Å². The molecule has 8 heteroatoms. The van der Waals surface area contributed by atoms with Crippen LogP contribution in [0.2, 0.25) is 0 Å². The van der Waals surface area contributed by atoms with Crippen LogP contribution in [0, 0.1) is 6.92 Å². The summed E-state index contributed by atoms with van der Waals surface area (Å²) in [5.41, 5.74) is 3.61. The van der Waals surface area contributed by atoms with Gasteiger partial charge in [0, 0.05) is 11.1 Å². The maximum Gasteiger partial charge on any atom is 0.258 e. The lowest BCUT2D eigenvalue weighted by Crippen LogP contribution is -2.07. The third-order valence-electron chi connectivity index (χ3n) is 3.88. The predicted molar refractivity (Wildman–Crippen MR) is 87.0 cm³/mol. The van der Waals surface area contributed by atoms with E-state index in [4.69, 9.17) is 4.52 Å². The molecule has 6 nitrogen and oxygen atoms in total. The van der Waals surface area contributed by atoms with Crippen LogP contribution in [0.15, 0.2) is 47.0 Å². The number of benzene rings is 2. The Morgan fingerprint density at radius 3 is 2.80 bits per heavy atom. The summed E-state index contributed by atoms with van der Waals surface area (Å²) < 4.78 is 31.6. The zero-order chi connectivity index (χ0) is 17.4. The lowest BCUT2D eigenvalue weighted by Gasteiger charge is -2.00. The molecule has 2 aromatic carbocycles. The monoisotopic (exact) mass is 341 g/mol. The van der Waals surface area contributed by atoms with Crippen molar-refractivity contribution in [2.75, 3.05) is 0 Å². The second-order valence-electron chi connectivity index (χ2n) is 5.60. The molecule has 0 aliphatic carbocycles. The van der Waals surface area contributed by atoms with E-state index in [0.717, 1.165) is 11.1 Å². The van der Waals surface area contributed by atoms with E-state index < -0.39 is 13.0 Å². The predicted octanol–water partition coefficient (Wildman–Crippen LogP) is 3.72. The van der Waals surface area contributed by atoms with Crippen molar-refractivity contribution >= 4 is 11.0 Å². The van der Waals surface area contributed by atoms with Crippen LogP contribution in [-0.4, -0.2) is 31.6 Å². The average molecular weight is 341 g/mol. The van der Waals surface area contributed by atoms with Crippen LogP contribution in [0.25, 0.3) is 33.9 Å². The summed E-state index contributed by atoms with van der Waals surface area (Å²) in [5.74, 6) is 0.832. The van der Waals surface area contributed by atoms with Crippen LogP contribution in [0.4, 0.5) is 8.78 Å². The van der Waals surface area contributed by atoms with Gasteiger partial charge in [-0.3, -0.25) is 0 Å². The van der Waals surface area contributed by atoms with Crippen LogP contribution in [-0.2, 0) is 6.54 Å². The van der Waals surface area contributed by atoms with Gasteiger partial charge in [0.2, 0.25) is 5.82 Å². The molecule has 0 N–H and O–H groups in total. The van der Waals surface area contributed by atoms with Crippen LogP contribution >= 0.6 is 0 Å². The number of fused-ring (bicyclic) bond motifs is 1. The molecule has 0 saturated heterocycles. The van der Waals surface area contributed by atoms with Crippen molar-refractivity contribution in [3.8, 4) is 22.8 Å². The topological polar surface area (TPSA) is 69.6 Å². The standard InChI is InChI=1S/C17H13F2N5O/c1-10-4-2-3-5-12(10)16-20-17(25-22-16)11-6-7-14-13(8-11)21-23-24(14)9-15(18)19/h2-8,15H,9H2,1H3. The van der Waals surface area contributed by atoms with Gasteiger partial charge in [-0.15, -0.1) is 5.10 Å². The molecule has 0 radical (unpaired) electrons. The van der Waals surface area contributed by atoms with Gasteiger partial charge in [-0.25, -0.2) is 13.5 Å². The smallest absolute Gasteiger partial charge is 0.258 e. The maximum absolute atomic E-state index is 12.5. The van der Waals surface area contributed by atoms with Crippen molar-refractivity contribution in [2.24, 2.45) is 0 Å². The zero-order valence-corrected chi connectivity index (χ0v) is 13.2. The Hall–Kier alpha value is -3.16. The molecule has 0 saturated carbocycles. The van der Waals surface area contributed by atoms with E-state index in [1.807, 2.05) is 31.2 Å². The van der Waals surface area contributed by atoms with Crippen molar-refractivity contribution in [1.82, 2.24) is 25.1 Å². The zero-order valence-electron chi connectivity index (χ0n) is 13.2. The Balaban J connectivity index is 1.70. The van der Waals surface area contributed by atoms with Gasteiger partial charge in [-0.05, 0) is 30.7 Å². The summed E-state index contributed by atoms with van der Waals surface area (Å²) >= 11 is 0. The van der Waals surface area contributed by atoms with Gasteiger partial charge < -0.3 is 4.52 Å². The van der Waals surface area contributed by atoms with Crippen LogP contribution < -0.4 is 0 Å². The molecule has 0 aliphatic heterocycles. The Kier molecular flexibility index (Phi) is 3.72. The van der Waals surface area contributed by atoms with Gasteiger partial charge in [-0.2, -0.15) is 4.98 Å². The normalized spacial score (nSPS) is 11.5. The minimum absolute atomic E-state index is 0.337. The highest BCUT2D eigenvalue weighted by atomic mass is 19.3. The molecule has 25 heavy (non-hydrogen) atoms. The van der Waals surface area contributed by atoms with Crippen molar-refractivity contribution < 1.29 is 13.3 Å². The SMILES string of the molecule is Cc1ccccc1-c1noc(-c2ccc3c(c2)nnn3CC(F)F)n1. The van der Waals surface area contributed by atoms with Crippen molar-refractivity contribution in [1.29, 1.82) is 0 Å². The number of nitrogens with zero attached hydrogens (tertiary/aromatic N) is 5. The van der Waals surface area contributed by atoms with Crippen molar-refractivity contribution in [3.63, 3.8) is 0 Å². The van der Waals surface area contributed by atoms with Crippen molar-refractivity contribution in [2.45, 2.75) is 19.9 Å². The molecule has 0 atom stereocenters. The summed E-state index contributed by atoms with van der Waals surface area (Å²) in [5, 5.41) is 11.7. The maximum atomic E-state index is 12.5. The molecule has 2 heterocycles. The first kappa shape index (κ1) is 15.4. The fraction of sp³-hybridized carbons (Fsp3) is 0.176. The van der Waals surface area contributed by atoms with E-state index >= 15 is 0 Å². The number of hydrogen-bond acceptors (Lipinski definition) is 5. The summed E-state index contributed by atoms with van der Waals surface area (Å²) in [4.78, 5) is 4.42. The van der Waals surface area contributed by atoms with Crippen LogP contribution in [0.3, 0.4) is 0 Å². The fourth-order valence-corrected chi connectivity index (χ4v) is 2.64.